The van der Waals surface area contributed by atoms with Crippen LogP contribution in [0, 0.1) is 0 Å². The second-order valence-corrected chi connectivity index (χ2v) is 17.5. The van der Waals surface area contributed by atoms with Gasteiger partial charge in [0.15, 0.2) is 6.10 Å². The molecule has 1 fully saturated rings. The standard InChI is InChI=1S/C37H73NO16P2/c1-2-3-4-5-6-7-8-9-10-12-16-19-22-25-31(40)52-29(27-50-30(39)24-21-18-15-13-11-14-17-20-23-26-38)28-51-56(48,49)54-37-34(43)32(41)33(42)36(35(37)44)53-55(45,46)47/h29,32-37,41-44H,2-28,38H2,1H3,(H,48,49)(H2,45,46,47)/t29-,32-,33?,34-,35?,36+,37?/m1/s1. The molecule has 0 radical (unpaired) electrons. The van der Waals surface area contributed by atoms with Crippen molar-refractivity contribution in [2.45, 2.75) is 204 Å². The predicted octanol–water partition coefficient (Wildman–Crippen LogP) is 5.22. The van der Waals surface area contributed by atoms with Crippen molar-refractivity contribution in [3.63, 3.8) is 0 Å². The number of phosphoric acid groups is 2. The fourth-order valence-corrected chi connectivity index (χ4v) is 8.05. The van der Waals surface area contributed by atoms with Gasteiger partial charge in [-0.05, 0) is 25.8 Å². The Balaban J connectivity index is 2.65. The lowest BCUT2D eigenvalue weighted by Crippen LogP contribution is -2.64. The first-order valence-corrected chi connectivity index (χ1v) is 23.8. The molecule has 56 heavy (non-hydrogen) atoms. The lowest BCUT2D eigenvalue weighted by Gasteiger charge is -2.43. The monoisotopic (exact) mass is 849 g/mol. The van der Waals surface area contributed by atoms with Crippen molar-refractivity contribution in [3.8, 4) is 0 Å². The first-order chi connectivity index (χ1) is 26.6. The fourth-order valence-electron chi connectivity index (χ4n) is 6.51. The highest BCUT2D eigenvalue weighted by atomic mass is 31.2. The van der Waals surface area contributed by atoms with Crippen LogP contribution in [-0.4, -0.2) is 110 Å². The van der Waals surface area contributed by atoms with Gasteiger partial charge in [-0.25, -0.2) is 9.13 Å². The minimum Gasteiger partial charge on any atom is -0.462 e. The summed E-state index contributed by atoms with van der Waals surface area (Å²) < 4.78 is 49.1. The number of hydrogen-bond donors (Lipinski definition) is 8. The van der Waals surface area contributed by atoms with E-state index in [1.54, 1.807) is 0 Å². The summed E-state index contributed by atoms with van der Waals surface area (Å²) in [6.45, 7) is 1.58. The van der Waals surface area contributed by atoms with Crippen molar-refractivity contribution in [1.82, 2.24) is 0 Å². The van der Waals surface area contributed by atoms with Crippen molar-refractivity contribution in [2.75, 3.05) is 19.8 Å². The van der Waals surface area contributed by atoms with Gasteiger partial charge in [0.2, 0.25) is 0 Å². The number of hydrogen-bond acceptors (Lipinski definition) is 14. The molecule has 0 amide bonds. The average molecular weight is 850 g/mol. The Kier molecular flexibility index (Phi) is 29.3. The third-order valence-corrected chi connectivity index (χ3v) is 11.3. The van der Waals surface area contributed by atoms with E-state index in [2.05, 4.69) is 11.4 Å². The SMILES string of the molecule is CCCCCCCCCCCCCCCC(=O)O[C@H](COC(=O)CCCCCCCCCCCN)COP(=O)(O)OC1C(O)[C@@H](OP(=O)(O)O)C(O)[C@@H](O)[C@H]1O. The number of aliphatic hydroxyl groups is 4. The summed E-state index contributed by atoms with van der Waals surface area (Å²) in [7, 11) is -10.6. The van der Waals surface area contributed by atoms with Gasteiger partial charge in [0, 0.05) is 12.8 Å². The normalized spacial score (nSPS) is 23.1. The van der Waals surface area contributed by atoms with Crippen LogP contribution in [0.5, 0.6) is 0 Å². The van der Waals surface area contributed by atoms with Crippen LogP contribution in [-0.2, 0) is 41.8 Å². The molecule has 1 saturated carbocycles. The van der Waals surface area contributed by atoms with Gasteiger partial charge in [-0.2, -0.15) is 0 Å². The molecule has 0 heterocycles. The highest BCUT2D eigenvalue weighted by Crippen LogP contribution is 2.49. The van der Waals surface area contributed by atoms with Crippen molar-refractivity contribution in [3.05, 3.63) is 0 Å². The van der Waals surface area contributed by atoms with E-state index in [1.807, 2.05) is 0 Å². The molecule has 1 rings (SSSR count). The highest BCUT2D eigenvalue weighted by Gasteiger charge is 2.54. The molecule has 9 N–H and O–H groups in total. The summed E-state index contributed by atoms with van der Waals surface area (Å²) in [5.74, 6) is -1.22. The lowest BCUT2D eigenvalue weighted by molar-refractivity contribution is -0.216. The first kappa shape index (κ1) is 53.0. The molecule has 19 heteroatoms. The molecule has 0 bridgehead atoms. The van der Waals surface area contributed by atoms with E-state index in [9.17, 15) is 44.0 Å². The number of aliphatic hydroxyl groups excluding tert-OH is 4. The average Bonchev–Trinajstić information content (AvgIpc) is 3.14. The third kappa shape index (κ3) is 25.4. The number of unbranched alkanes of at least 4 members (excludes halogenated alkanes) is 20. The number of carbonyl (C=O) groups is 2. The maximum atomic E-state index is 12.9. The van der Waals surface area contributed by atoms with Crippen LogP contribution in [0.2, 0.25) is 0 Å². The maximum Gasteiger partial charge on any atom is 0.472 e. The number of ether oxygens (including phenoxy) is 2. The van der Waals surface area contributed by atoms with Gasteiger partial charge in [0.05, 0.1) is 6.61 Å². The second kappa shape index (κ2) is 30.9. The van der Waals surface area contributed by atoms with Crippen LogP contribution >= 0.6 is 15.6 Å². The summed E-state index contributed by atoms with van der Waals surface area (Å²) in [6, 6.07) is 0. The van der Waals surface area contributed by atoms with Crippen molar-refractivity contribution < 1.29 is 76.9 Å². The predicted molar refractivity (Wildman–Crippen MR) is 208 cm³/mol. The zero-order valence-electron chi connectivity index (χ0n) is 33.4. The van der Waals surface area contributed by atoms with E-state index in [1.165, 1.54) is 51.4 Å². The van der Waals surface area contributed by atoms with Gasteiger partial charge in [-0.15, -0.1) is 0 Å². The number of rotatable bonds is 35. The Labute approximate surface area is 333 Å². The molecule has 4 unspecified atom stereocenters. The minimum absolute atomic E-state index is 0.0458. The molecule has 0 aromatic carbocycles. The second-order valence-electron chi connectivity index (χ2n) is 14.9. The molecule has 17 nitrogen and oxygen atoms in total. The Morgan fingerprint density at radius 1 is 0.554 bits per heavy atom. The fraction of sp³-hybridized carbons (Fsp3) is 0.946. The summed E-state index contributed by atoms with van der Waals surface area (Å²) in [5.41, 5.74) is 5.52. The summed E-state index contributed by atoms with van der Waals surface area (Å²) in [5, 5.41) is 41.0. The first-order valence-electron chi connectivity index (χ1n) is 20.8. The molecule has 8 atom stereocenters. The van der Waals surface area contributed by atoms with Crippen LogP contribution in [0.1, 0.15) is 161 Å². The molecule has 0 aromatic rings. The van der Waals surface area contributed by atoms with Crippen LogP contribution in [0.15, 0.2) is 0 Å². The van der Waals surface area contributed by atoms with Crippen molar-refractivity contribution in [2.24, 2.45) is 5.73 Å². The molecule has 1 aliphatic carbocycles. The minimum atomic E-state index is -5.36. The Morgan fingerprint density at radius 3 is 1.41 bits per heavy atom. The third-order valence-electron chi connectivity index (χ3n) is 9.78. The zero-order valence-corrected chi connectivity index (χ0v) is 35.2. The van der Waals surface area contributed by atoms with Crippen molar-refractivity contribution >= 4 is 27.6 Å². The van der Waals surface area contributed by atoms with E-state index < -0.39 is 83.5 Å². The summed E-state index contributed by atoms with van der Waals surface area (Å²) >= 11 is 0. The number of carbonyl (C=O) groups excluding carboxylic acids is 2. The molecule has 0 aliphatic heterocycles. The summed E-state index contributed by atoms with van der Waals surface area (Å²) in [6.07, 6.45) is 9.00. The molecule has 332 valence electrons. The molecule has 0 spiro atoms. The van der Waals surface area contributed by atoms with Crippen LogP contribution in [0.3, 0.4) is 0 Å². The van der Waals surface area contributed by atoms with Crippen LogP contribution in [0.25, 0.3) is 0 Å². The molecular weight excluding hydrogens is 776 g/mol. The van der Waals surface area contributed by atoms with E-state index in [0.29, 0.717) is 19.4 Å². The summed E-state index contributed by atoms with van der Waals surface area (Å²) in [4.78, 5) is 53.9. The van der Waals surface area contributed by atoms with Gasteiger partial charge < -0.3 is 50.3 Å². The number of phosphoric ester groups is 2. The highest BCUT2D eigenvalue weighted by molar-refractivity contribution is 7.47. The number of nitrogens with two attached hydrogens (primary N) is 1. The van der Waals surface area contributed by atoms with Gasteiger partial charge in [0.1, 0.15) is 43.2 Å². The van der Waals surface area contributed by atoms with Crippen LogP contribution in [0.4, 0.5) is 0 Å². The maximum absolute atomic E-state index is 12.9. The molecule has 0 saturated heterocycles. The molecule has 0 aromatic heterocycles. The Hall–Kier alpha value is -1.04. The van der Waals surface area contributed by atoms with Crippen molar-refractivity contribution in [1.29, 1.82) is 0 Å². The van der Waals surface area contributed by atoms with E-state index in [4.69, 9.17) is 34.0 Å². The number of esters is 2. The topological polar surface area (TPSA) is 282 Å². The largest absolute Gasteiger partial charge is 0.472 e. The Bertz CT molecular complexity index is 1130. The lowest BCUT2D eigenvalue weighted by atomic mass is 9.85. The van der Waals surface area contributed by atoms with Gasteiger partial charge in [-0.1, -0.05) is 129 Å². The van der Waals surface area contributed by atoms with E-state index >= 15 is 0 Å². The smallest absolute Gasteiger partial charge is 0.462 e. The van der Waals surface area contributed by atoms with Gasteiger partial charge in [0.25, 0.3) is 0 Å². The van der Waals surface area contributed by atoms with E-state index in [0.717, 1.165) is 77.0 Å². The van der Waals surface area contributed by atoms with Gasteiger partial charge in [-0.3, -0.25) is 23.2 Å². The van der Waals surface area contributed by atoms with Gasteiger partial charge >= 0.3 is 27.6 Å². The molecular formula is C37H73NO16P2. The Morgan fingerprint density at radius 2 is 0.964 bits per heavy atom. The van der Waals surface area contributed by atoms with Crippen LogP contribution < -0.4 is 5.73 Å². The van der Waals surface area contributed by atoms with E-state index in [-0.39, 0.29) is 12.8 Å². The zero-order chi connectivity index (χ0) is 41.8. The molecule has 1 aliphatic rings. The quantitative estimate of drug-likeness (QED) is 0.0230.